The van der Waals surface area contributed by atoms with Gasteiger partial charge in [-0.05, 0) is 103 Å². The summed E-state index contributed by atoms with van der Waals surface area (Å²) in [5.74, 6) is -0.903. The van der Waals surface area contributed by atoms with Crippen LogP contribution < -0.4 is 0 Å². The van der Waals surface area contributed by atoms with Crippen molar-refractivity contribution >= 4 is 17.9 Å². The third-order valence-electron chi connectivity index (χ3n) is 11.7. The molecular formula is C58H102O6. The lowest BCUT2D eigenvalue weighted by Gasteiger charge is -2.18. The number of hydrogen-bond acceptors (Lipinski definition) is 6. The first-order valence-corrected chi connectivity index (χ1v) is 27.3. The Hall–Kier alpha value is -2.89. The number of esters is 3. The first-order valence-electron chi connectivity index (χ1n) is 27.3. The van der Waals surface area contributed by atoms with Crippen molar-refractivity contribution in [3.05, 3.63) is 60.8 Å². The predicted molar refractivity (Wildman–Crippen MR) is 275 cm³/mol. The monoisotopic (exact) mass is 895 g/mol. The van der Waals surface area contributed by atoms with Crippen molar-refractivity contribution in [3.63, 3.8) is 0 Å². The Balaban J connectivity index is 4.37. The summed E-state index contributed by atoms with van der Waals surface area (Å²) in [4.78, 5) is 38.0. The van der Waals surface area contributed by atoms with Crippen LogP contribution in [0.3, 0.4) is 0 Å². The van der Waals surface area contributed by atoms with Crippen LogP contribution in [0.25, 0.3) is 0 Å². The van der Waals surface area contributed by atoms with Crippen molar-refractivity contribution < 1.29 is 28.6 Å². The fourth-order valence-corrected chi connectivity index (χ4v) is 7.54. The predicted octanol–water partition coefficient (Wildman–Crippen LogP) is 18.0. The normalized spacial score (nSPS) is 12.5. The van der Waals surface area contributed by atoms with E-state index in [1.165, 1.54) is 141 Å². The number of carbonyl (C=O) groups excluding carboxylic acids is 3. The van der Waals surface area contributed by atoms with Crippen LogP contribution in [0.15, 0.2) is 60.8 Å². The average Bonchev–Trinajstić information content (AvgIpc) is 3.29. The molecule has 0 saturated carbocycles. The van der Waals surface area contributed by atoms with Crippen molar-refractivity contribution in [3.8, 4) is 0 Å². The van der Waals surface area contributed by atoms with Crippen molar-refractivity contribution in [1.29, 1.82) is 0 Å². The third-order valence-corrected chi connectivity index (χ3v) is 11.7. The second-order valence-corrected chi connectivity index (χ2v) is 18.1. The van der Waals surface area contributed by atoms with Gasteiger partial charge in [0.15, 0.2) is 6.10 Å². The Labute approximate surface area is 396 Å². The van der Waals surface area contributed by atoms with E-state index in [1.807, 2.05) is 0 Å². The fourth-order valence-electron chi connectivity index (χ4n) is 7.54. The summed E-state index contributed by atoms with van der Waals surface area (Å²) in [6, 6.07) is 0. The molecule has 0 aromatic heterocycles. The van der Waals surface area contributed by atoms with E-state index in [0.717, 1.165) is 89.9 Å². The van der Waals surface area contributed by atoms with Gasteiger partial charge < -0.3 is 14.2 Å². The van der Waals surface area contributed by atoms with Gasteiger partial charge in [-0.1, -0.05) is 210 Å². The minimum atomic E-state index is -0.784. The van der Waals surface area contributed by atoms with Crippen LogP contribution in [-0.4, -0.2) is 37.2 Å². The fraction of sp³-hybridized carbons (Fsp3) is 0.776. The molecule has 370 valence electrons. The van der Waals surface area contributed by atoms with E-state index in [1.54, 1.807) is 0 Å². The van der Waals surface area contributed by atoms with Gasteiger partial charge in [-0.2, -0.15) is 0 Å². The molecule has 0 heterocycles. The van der Waals surface area contributed by atoms with Gasteiger partial charge in [-0.25, -0.2) is 0 Å². The summed E-state index contributed by atoms with van der Waals surface area (Å²) in [6.45, 7) is 6.55. The largest absolute Gasteiger partial charge is 0.462 e. The third kappa shape index (κ3) is 50.1. The number of hydrogen-bond donors (Lipinski definition) is 0. The summed E-state index contributed by atoms with van der Waals surface area (Å²) >= 11 is 0. The molecule has 6 heteroatoms. The van der Waals surface area contributed by atoms with Crippen LogP contribution in [-0.2, 0) is 28.6 Å². The molecule has 0 aliphatic rings. The van der Waals surface area contributed by atoms with E-state index in [4.69, 9.17) is 14.2 Å². The van der Waals surface area contributed by atoms with E-state index in [9.17, 15) is 14.4 Å². The molecule has 0 N–H and O–H groups in total. The molecule has 0 aromatic rings. The summed E-state index contributed by atoms with van der Waals surface area (Å²) in [5, 5.41) is 0. The molecule has 0 aliphatic heterocycles. The van der Waals surface area contributed by atoms with Gasteiger partial charge in [0.1, 0.15) is 13.2 Å². The zero-order valence-electron chi connectivity index (χ0n) is 42.3. The van der Waals surface area contributed by atoms with Crippen LogP contribution in [0, 0.1) is 0 Å². The van der Waals surface area contributed by atoms with Crippen LogP contribution in [0.1, 0.15) is 271 Å². The Morgan fingerprint density at radius 1 is 0.312 bits per heavy atom. The number of allylic oxidation sites excluding steroid dienone is 10. The van der Waals surface area contributed by atoms with Gasteiger partial charge in [0.25, 0.3) is 0 Å². The minimum Gasteiger partial charge on any atom is -0.462 e. The van der Waals surface area contributed by atoms with Gasteiger partial charge in [0, 0.05) is 19.3 Å². The summed E-state index contributed by atoms with van der Waals surface area (Å²) in [5.41, 5.74) is 0. The maximum atomic E-state index is 12.8. The van der Waals surface area contributed by atoms with E-state index >= 15 is 0 Å². The van der Waals surface area contributed by atoms with Gasteiger partial charge in [0.05, 0.1) is 0 Å². The summed E-state index contributed by atoms with van der Waals surface area (Å²) < 4.78 is 16.8. The van der Waals surface area contributed by atoms with E-state index in [-0.39, 0.29) is 31.1 Å². The summed E-state index contributed by atoms with van der Waals surface area (Å²) in [6.07, 6.45) is 64.9. The van der Waals surface area contributed by atoms with Crippen LogP contribution in [0.5, 0.6) is 0 Å². The highest BCUT2D eigenvalue weighted by Gasteiger charge is 2.19. The van der Waals surface area contributed by atoms with Gasteiger partial charge in [0.2, 0.25) is 0 Å². The van der Waals surface area contributed by atoms with E-state index in [2.05, 4.69) is 81.5 Å². The molecule has 0 bridgehead atoms. The lowest BCUT2D eigenvalue weighted by molar-refractivity contribution is -0.167. The zero-order chi connectivity index (χ0) is 46.5. The molecule has 0 saturated heterocycles. The summed E-state index contributed by atoms with van der Waals surface area (Å²) in [7, 11) is 0. The molecule has 6 nitrogen and oxygen atoms in total. The highest BCUT2D eigenvalue weighted by Crippen LogP contribution is 2.14. The maximum absolute atomic E-state index is 12.8. The van der Waals surface area contributed by atoms with E-state index < -0.39 is 6.10 Å². The van der Waals surface area contributed by atoms with Crippen molar-refractivity contribution in [2.75, 3.05) is 13.2 Å². The lowest BCUT2D eigenvalue weighted by Crippen LogP contribution is -2.30. The Kier molecular flexibility index (Phi) is 50.4. The molecule has 0 spiro atoms. The second kappa shape index (κ2) is 52.7. The first kappa shape index (κ1) is 61.1. The molecule has 0 aliphatic carbocycles. The Morgan fingerprint density at radius 3 is 0.953 bits per heavy atom. The molecule has 0 aromatic carbocycles. The van der Waals surface area contributed by atoms with Crippen LogP contribution >= 0.6 is 0 Å². The molecule has 1 atom stereocenters. The zero-order valence-corrected chi connectivity index (χ0v) is 42.3. The minimum absolute atomic E-state index is 0.0839. The maximum Gasteiger partial charge on any atom is 0.306 e. The van der Waals surface area contributed by atoms with Crippen molar-refractivity contribution in [2.24, 2.45) is 0 Å². The first-order chi connectivity index (χ1) is 31.5. The molecular weight excluding hydrogens is 793 g/mol. The smallest absolute Gasteiger partial charge is 0.306 e. The molecule has 64 heavy (non-hydrogen) atoms. The number of ether oxygens (including phenoxy) is 3. The number of unbranched alkanes of at least 4 members (excludes halogenated alkanes) is 28. The van der Waals surface area contributed by atoms with E-state index in [0.29, 0.717) is 19.3 Å². The number of carbonyl (C=O) groups is 3. The second-order valence-electron chi connectivity index (χ2n) is 18.1. The molecule has 1 unspecified atom stereocenters. The topological polar surface area (TPSA) is 78.9 Å². The quantitative estimate of drug-likeness (QED) is 0.0262. The van der Waals surface area contributed by atoms with Crippen molar-refractivity contribution in [2.45, 2.75) is 277 Å². The average molecular weight is 895 g/mol. The molecule has 0 radical (unpaired) electrons. The van der Waals surface area contributed by atoms with Gasteiger partial charge in [-0.3, -0.25) is 14.4 Å². The van der Waals surface area contributed by atoms with Crippen LogP contribution in [0.4, 0.5) is 0 Å². The van der Waals surface area contributed by atoms with Crippen LogP contribution in [0.2, 0.25) is 0 Å². The molecule has 0 rings (SSSR count). The standard InChI is InChI=1S/C58H102O6/c1-4-7-10-13-16-19-22-24-26-28-30-31-33-36-39-42-45-48-51-57(60)63-54-55(53-62-56(59)50-47-44-41-38-35-21-18-15-12-9-6-3)64-58(61)52-49-46-43-40-37-34-32-29-27-25-23-20-17-14-11-8-5-2/h15,17-20,22,25-28,55H,4-14,16,21,23-24,29-54H2,1-3H3/b18-15-,20-17-,22-19-,27-25-,28-26-. The van der Waals surface area contributed by atoms with Gasteiger partial charge >= 0.3 is 17.9 Å². The van der Waals surface area contributed by atoms with Crippen molar-refractivity contribution in [1.82, 2.24) is 0 Å². The molecule has 0 amide bonds. The molecule has 0 fully saturated rings. The SMILES string of the molecule is CCCC/C=C\CCCCCCCC(=O)OCC(COC(=O)CCCCCCCCC/C=C\C/C=C\CCCCCC)OC(=O)CCCCCCCCC/C=C\C/C=C\CCCCC. The highest BCUT2D eigenvalue weighted by atomic mass is 16.6. The Morgan fingerprint density at radius 2 is 0.578 bits per heavy atom. The Bertz CT molecular complexity index is 1170. The number of rotatable bonds is 49. The highest BCUT2D eigenvalue weighted by molar-refractivity contribution is 5.71. The lowest BCUT2D eigenvalue weighted by atomic mass is 10.1. The van der Waals surface area contributed by atoms with Gasteiger partial charge in [-0.15, -0.1) is 0 Å².